The number of nitrogens with one attached hydrogen (secondary N) is 1. The maximum absolute atomic E-state index is 12.9. The van der Waals surface area contributed by atoms with Gasteiger partial charge in [-0.25, -0.2) is 0 Å². The summed E-state index contributed by atoms with van der Waals surface area (Å²) in [5, 5.41) is 3.05. The molecule has 1 aliphatic heterocycles. The van der Waals surface area contributed by atoms with Crippen LogP contribution >= 0.6 is 0 Å². The molecule has 28 heavy (non-hydrogen) atoms. The molecule has 1 fully saturated rings. The summed E-state index contributed by atoms with van der Waals surface area (Å²) in [6.45, 7) is 5.95. The van der Waals surface area contributed by atoms with Crippen molar-refractivity contribution in [2.24, 2.45) is 0 Å². The Kier molecular flexibility index (Phi) is 7.38. The van der Waals surface area contributed by atoms with Crippen molar-refractivity contribution in [2.75, 3.05) is 26.2 Å². The molecule has 0 radical (unpaired) electrons. The first-order valence-electron chi connectivity index (χ1n) is 10.4. The summed E-state index contributed by atoms with van der Waals surface area (Å²) in [5.41, 5.74) is 2.03. The van der Waals surface area contributed by atoms with Crippen LogP contribution in [0.2, 0.25) is 0 Å². The highest BCUT2D eigenvalue weighted by Crippen LogP contribution is 2.23. The van der Waals surface area contributed by atoms with Crippen molar-refractivity contribution in [3.05, 3.63) is 71.3 Å². The van der Waals surface area contributed by atoms with Crippen LogP contribution in [0.3, 0.4) is 0 Å². The quantitative estimate of drug-likeness (QED) is 0.558. The Balaban J connectivity index is 1.58. The zero-order chi connectivity index (χ0) is 19.8. The van der Waals surface area contributed by atoms with Crippen molar-refractivity contribution >= 4 is 11.7 Å². The highest BCUT2D eigenvalue weighted by Gasteiger charge is 2.21. The Morgan fingerprint density at radius 2 is 1.64 bits per heavy atom. The number of carbonyl (C=O) groups excluding carboxylic acids is 2. The van der Waals surface area contributed by atoms with E-state index in [1.54, 1.807) is 0 Å². The minimum Gasteiger partial charge on any atom is -0.356 e. The number of likely N-dealkylation sites (tertiary alicyclic amines) is 1. The molecule has 2 aromatic carbocycles. The fourth-order valence-corrected chi connectivity index (χ4v) is 3.82. The van der Waals surface area contributed by atoms with Gasteiger partial charge in [0, 0.05) is 17.7 Å². The van der Waals surface area contributed by atoms with E-state index in [0.717, 1.165) is 18.5 Å². The summed E-state index contributed by atoms with van der Waals surface area (Å²) in [6.07, 6.45) is 4.88. The fourth-order valence-electron chi connectivity index (χ4n) is 3.82. The van der Waals surface area contributed by atoms with Gasteiger partial charge in [-0.2, -0.15) is 0 Å². The number of ketones is 1. The average molecular weight is 379 g/mol. The molecule has 1 saturated heterocycles. The molecule has 1 heterocycles. The predicted molar refractivity (Wildman–Crippen MR) is 113 cm³/mol. The van der Waals surface area contributed by atoms with E-state index in [9.17, 15) is 9.59 Å². The Morgan fingerprint density at radius 1 is 0.964 bits per heavy atom. The lowest BCUT2D eigenvalue weighted by molar-refractivity contribution is -0.122. The minimum absolute atomic E-state index is 0.0213. The number of carbonyl (C=O) groups is 2. The predicted octanol–water partition coefficient (Wildman–Crippen LogP) is 4.01. The van der Waals surface area contributed by atoms with Gasteiger partial charge in [-0.05, 0) is 51.4 Å². The van der Waals surface area contributed by atoms with Crippen molar-refractivity contribution < 1.29 is 9.59 Å². The van der Waals surface area contributed by atoms with E-state index in [2.05, 4.69) is 10.2 Å². The van der Waals surface area contributed by atoms with Crippen molar-refractivity contribution in [1.29, 1.82) is 0 Å². The smallest absolute Gasteiger partial charge is 0.227 e. The molecule has 0 aliphatic carbocycles. The van der Waals surface area contributed by atoms with Crippen LogP contribution in [0, 0.1) is 0 Å². The number of hydrogen-bond donors (Lipinski definition) is 1. The fraction of sp³-hybridized carbons (Fsp3) is 0.417. The third-order valence-electron chi connectivity index (χ3n) is 5.50. The van der Waals surface area contributed by atoms with Crippen LogP contribution in [-0.4, -0.2) is 42.8 Å². The second-order valence-corrected chi connectivity index (χ2v) is 7.55. The molecule has 1 N–H and O–H groups in total. The van der Waals surface area contributed by atoms with Crippen LogP contribution in [0.1, 0.15) is 60.0 Å². The molecule has 0 spiro atoms. The van der Waals surface area contributed by atoms with Gasteiger partial charge in [-0.15, -0.1) is 0 Å². The first-order chi connectivity index (χ1) is 13.7. The molecule has 3 rings (SSSR count). The van der Waals surface area contributed by atoms with Crippen molar-refractivity contribution in [2.45, 2.75) is 38.5 Å². The van der Waals surface area contributed by atoms with E-state index >= 15 is 0 Å². The van der Waals surface area contributed by atoms with Gasteiger partial charge in [0.25, 0.3) is 0 Å². The van der Waals surface area contributed by atoms with Crippen LogP contribution in [0.25, 0.3) is 0 Å². The monoisotopic (exact) mass is 378 g/mol. The molecule has 1 aliphatic rings. The zero-order valence-electron chi connectivity index (χ0n) is 16.7. The van der Waals surface area contributed by atoms with E-state index in [1.165, 1.54) is 32.4 Å². The summed E-state index contributed by atoms with van der Waals surface area (Å²) in [7, 11) is 0. The number of rotatable bonds is 8. The van der Waals surface area contributed by atoms with Gasteiger partial charge in [0.05, 0.1) is 5.92 Å². The Bertz CT molecular complexity index is 782. The second-order valence-electron chi connectivity index (χ2n) is 7.55. The van der Waals surface area contributed by atoms with Gasteiger partial charge in [0.1, 0.15) is 0 Å². The molecule has 2 aromatic rings. The lowest BCUT2D eigenvalue weighted by Crippen LogP contribution is -2.34. The standard InChI is InChI=1S/C24H30N2O2/c1-19(24(28)25-15-10-18-26-16-8-3-9-17-26)21-13-6-7-14-22(21)23(27)20-11-4-2-5-12-20/h2,4-7,11-14,19H,3,8-10,15-18H2,1H3,(H,25,28). The van der Waals surface area contributed by atoms with Gasteiger partial charge in [-0.1, -0.05) is 61.0 Å². The van der Waals surface area contributed by atoms with E-state index in [4.69, 9.17) is 0 Å². The van der Waals surface area contributed by atoms with Crippen LogP contribution in [-0.2, 0) is 4.79 Å². The lowest BCUT2D eigenvalue weighted by atomic mass is 9.90. The SMILES string of the molecule is CC(C(=O)NCCCN1CCCCC1)c1ccccc1C(=O)c1ccccc1. The van der Waals surface area contributed by atoms with Crippen molar-refractivity contribution in [3.63, 3.8) is 0 Å². The maximum atomic E-state index is 12.9. The Morgan fingerprint density at radius 3 is 2.39 bits per heavy atom. The number of benzene rings is 2. The highest BCUT2D eigenvalue weighted by molar-refractivity contribution is 6.10. The normalized spacial score (nSPS) is 15.8. The van der Waals surface area contributed by atoms with Gasteiger partial charge in [-0.3, -0.25) is 9.59 Å². The first-order valence-corrected chi connectivity index (χ1v) is 10.4. The first kappa shape index (κ1) is 20.3. The molecule has 1 atom stereocenters. The second kappa shape index (κ2) is 10.2. The molecule has 1 amide bonds. The van der Waals surface area contributed by atoms with Crippen LogP contribution in [0.5, 0.6) is 0 Å². The van der Waals surface area contributed by atoms with Gasteiger partial charge in [0.2, 0.25) is 5.91 Å². The van der Waals surface area contributed by atoms with Gasteiger partial charge < -0.3 is 10.2 Å². The third-order valence-corrected chi connectivity index (χ3v) is 5.50. The Labute approximate surface area is 167 Å². The number of amides is 1. The number of piperidine rings is 1. The van der Waals surface area contributed by atoms with Gasteiger partial charge >= 0.3 is 0 Å². The molecule has 0 bridgehead atoms. The topological polar surface area (TPSA) is 49.4 Å². The summed E-state index contributed by atoms with van der Waals surface area (Å²) < 4.78 is 0. The van der Waals surface area contributed by atoms with E-state index in [-0.39, 0.29) is 17.6 Å². The molecule has 1 unspecified atom stereocenters. The average Bonchev–Trinajstić information content (AvgIpc) is 2.77. The summed E-state index contributed by atoms with van der Waals surface area (Å²) >= 11 is 0. The van der Waals surface area contributed by atoms with Gasteiger partial charge in [0.15, 0.2) is 5.78 Å². The summed E-state index contributed by atoms with van der Waals surface area (Å²) in [5.74, 6) is -0.424. The number of hydrogen-bond acceptors (Lipinski definition) is 3. The van der Waals surface area contributed by atoms with Crippen LogP contribution in [0.15, 0.2) is 54.6 Å². The molecule has 148 valence electrons. The maximum Gasteiger partial charge on any atom is 0.227 e. The highest BCUT2D eigenvalue weighted by atomic mass is 16.2. The molecular formula is C24H30N2O2. The Hall–Kier alpha value is -2.46. The molecule has 0 aromatic heterocycles. The summed E-state index contributed by atoms with van der Waals surface area (Å²) in [6, 6.07) is 16.7. The van der Waals surface area contributed by atoms with Crippen molar-refractivity contribution in [1.82, 2.24) is 10.2 Å². The molecule has 4 nitrogen and oxygen atoms in total. The zero-order valence-corrected chi connectivity index (χ0v) is 16.7. The van der Waals surface area contributed by atoms with E-state index < -0.39 is 0 Å². The van der Waals surface area contributed by atoms with Crippen LogP contribution < -0.4 is 5.32 Å². The number of nitrogens with zero attached hydrogens (tertiary/aromatic N) is 1. The largest absolute Gasteiger partial charge is 0.356 e. The van der Waals surface area contributed by atoms with E-state index in [1.807, 2.05) is 61.5 Å². The lowest BCUT2D eigenvalue weighted by Gasteiger charge is -2.26. The van der Waals surface area contributed by atoms with Crippen LogP contribution in [0.4, 0.5) is 0 Å². The minimum atomic E-state index is -0.362. The third kappa shape index (κ3) is 5.29. The van der Waals surface area contributed by atoms with E-state index in [0.29, 0.717) is 17.7 Å². The molecule has 4 heteroatoms. The van der Waals surface area contributed by atoms with Crippen molar-refractivity contribution in [3.8, 4) is 0 Å². The molecular weight excluding hydrogens is 348 g/mol. The summed E-state index contributed by atoms with van der Waals surface area (Å²) in [4.78, 5) is 28.0. The molecule has 0 saturated carbocycles.